The molecule has 0 aliphatic carbocycles. The van der Waals surface area contributed by atoms with Gasteiger partial charge in [0.1, 0.15) is 19.2 Å². The second-order valence-electron chi connectivity index (χ2n) is 14.2. The smallest absolute Gasteiger partial charge is 0.161 e. The van der Waals surface area contributed by atoms with Crippen molar-refractivity contribution in [1.82, 2.24) is 0 Å². The van der Waals surface area contributed by atoms with E-state index in [1.807, 2.05) is 0 Å². The summed E-state index contributed by atoms with van der Waals surface area (Å²) in [5.74, 6) is -22.3. The lowest BCUT2D eigenvalue weighted by atomic mass is 9.11. The summed E-state index contributed by atoms with van der Waals surface area (Å²) in [6.07, 6.45) is -4.68. The molecule has 0 spiro atoms. The van der Waals surface area contributed by atoms with Gasteiger partial charge in [-0.1, -0.05) is 48.5 Å². The fraction of sp³-hybridized carbons (Fsp3) is 0.182. The molecule has 6 aromatic rings. The Bertz CT molecular complexity index is 2250. The Kier molecular flexibility index (Phi) is 12.9. The van der Waals surface area contributed by atoms with Crippen molar-refractivity contribution in [3.05, 3.63) is 187 Å². The zero-order valence-corrected chi connectivity index (χ0v) is 32.0. The molecular weight excluding hydrogens is 781 g/mol. The monoisotopic (exact) mass is 817 g/mol. The molecule has 14 heteroatoms. The lowest BCUT2D eigenvalue weighted by Gasteiger charge is -2.48. The summed E-state index contributed by atoms with van der Waals surface area (Å²) in [6.45, 7) is 9.14. The molecule has 0 saturated heterocycles. The van der Waals surface area contributed by atoms with Gasteiger partial charge in [0, 0.05) is 35.4 Å². The zero-order valence-electron chi connectivity index (χ0n) is 32.0. The summed E-state index contributed by atoms with van der Waals surface area (Å²) in [6, 6.07) is 16.7. The molecule has 304 valence electrons. The highest BCUT2D eigenvalue weighted by Crippen LogP contribution is 2.28. The highest BCUT2D eigenvalue weighted by atomic mass is 19.2. The molecule has 0 fully saturated rings. The zero-order chi connectivity index (χ0) is 43.0. The van der Waals surface area contributed by atoms with E-state index in [2.05, 4.69) is 67.7 Å². The van der Waals surface area contributed by atoms with Crippen LogP contribution in [0.15, 0.2) is 72.8 Å². The molecule has 0 unspecified atom stereocenters. The molecule has 0 radical (unpaired) electrons. The predicted molar refractivity (Wildman–Crippen MR) is 200 cm³/mol. The normalized spacial score (nSPS) is 11.5. The molecule has 6 aromatic carbocycles. The largest absolute Gasteiger partial charge is 0.339 e. The Labute approximate surface area is 327 Å². The summed E-state index contributed by atoms with van der Waals surface area (Å²) in [5, 5.41) is 2.37. The number of benzene rings is 6. The van der Waals surface area contributed by atoms with Crippen LogP contribution in [0.25, 0.3) is 0 Å². The van der Waals surface area contributed by atoms with E-state index in [4.69, 9.17) is 0 Å². The van der Waals surface area contributed by atoms with E-state index < -0.39 is 120 Å². The van der Waals surface area contributed by atoms with Gasteiger partial charge < -0.3 is 5.32 Å². The Hall–Kier alpha value is -5.50. The standard InChI is InChI=1S/C28H16BF12.C16H19N/c1-9-21(13(30)5-17(34)25(9)38)29(22-10(2)26(39)18(35)6-14(22)31,23-11(3)27(40)19(36)7-15(23)32)24-12(4)28(41)20(37)8-16(24)33;1-13-7-3-5-9-15(13)11-17-12-16-10-6-4-8-14(16)2/h5-8H,1-4H3;3-10,17H,11-12H2,1-2H3/q-1;/p+1. The Morgan fingerprint density at radius 1 is 0.362 bits per heavy atom. The minimum Gasteiger partial charge on any atom is -0.339 e. The number of hydrogen-bond donors (Lipinski definition) is 1. The molecule has 0 atom stereocenters. The van der Waals surface area contributed by atoms with E-state index in [-0.39, 0.29) is 24.3 Å². The summed E-state index contributed by atoms with van der Waals surface area (Å²) >= 11 is 0. The molecular formula is C44H36BF12N. The molecule has 58 heavy (non-hydrogen) atoms. The van der Waals surface area contributed by atoms with E-state index in [1.165, 1.54) is 22.3 Å². The first kappa shape index (κ1) is 43.6. The minimum absolute atomic E-state index is 0.123. The van der Waals surface area contributed by atoms with Crippen molar-refractivity contribution < 1.29 is 58.0 Å². The molecule has 0 amide bonds. The molecule has 0 aliphatic heterocycles. The van der Waals surface area contributed by atoms with Crippen molar-refractivity contribution in [1.29, 1.82) is 0 Å². The van der Waals surface area contributed by atoms with Crippen LogP contribution in [0, 0.1) is 111 Å². The average Bonchev–Trinajstić information content (AvgIpc) is 3.16. The van der Waals surface area contributed by atoms with Crippen molar-refractivity contribution in [2.24, 2.45) is 0 Å². The van der Waals surface area contributed by atoms with Crippen LogP contribution in [0.2, 0.25) is 0 Å². The third kappa shape index (κ3) is 7.73. The maximum absolute atomic E-state index is 15.9. The first-order valence-corrected chi connectivity index (χ1v) is 17.9. The Balaban J connectivity index is 0.000000313. The number of hydrogen-bond acceptors (Lipinski definition) is 0. The van der Waals surface area contributed by atoms with E-state index in [1.54, 1.807) is 0 Å². The van der Waals surface area contributed by atoms with Crippen molar-refractivity contribution in [3.8, 4) is 0 Å². The molecule has 0 bridgehead atoms. The highest BCUT2D eigenvalue weighted by Gasteiger charge is 2.46. The van der Waals surface area contributed by atoms with Crippen LogP contribution < -0.4 is 27.2 Å². The first-order valence-electron chi connectivity index (χ1n) is 17.9. The first-order chi connectivity index (χ1) is 27.3. The van der Waals surface area contributed by atoms with Gasteiger partial charge in [0.15, 0.2) is 46.5 Å². The molecule has 0 aromatic heterocycles. The summed E-state index contributed by atoms with van der Waals surface area (Å²) < 4.78 is 181. The highest BCUT2D eigenvalue weighted by molar-refractivity contribution is 7.20. The van der Waals surface area contributed by atoms with Crippen LogP contribution in [0.4, 0.5) is 52.7 Å². The third-order valence-electron chi connectivity index (χ3n) is 10.8. The number of aryl methyl sites for hydroxylation is 2. The van der Waals surface area contributed by atoms with Gasteiger partial charge in [-0.25, -0.2) is 52.7 Å². The van der Waals surface area contributed by atoms with Gasteiger partial charge in [0.2, 0.25) is 0 Å². The SMILES string of the molecule is Cc1c(F)c(F)cc(F)c1[B-](c1c(F)cc(F)c(F)c1C)(c1c(F)cc(F)c(F)c1C)c1c(F)cc(F)c(F)c1C.Cc1ccccc1C[NH2+]Cc1ccccc1C. The minimum atomic E-state index is -4.68. The van der Waals surface area contributed by atoms with Crippen LogP contribution in [0.3, 0.4) is 0 Å². The number of quaternary nitrogens is 1. The van der Waals surface area contributed by atoms with Gasteiger partial charge in [0.25, 0.3) is 0 Å². The fourth-order valence-electron chi connectivity index (χ4n) is 7.97. The van der Waals surface area contributed by atoms with Crippen molar-refractivity contribution in [2.45, 2.75) is 54.6 Å². The lowest BCUT2D eigenvalue weighted by Crippen LogP contribution is -2.80. The summed E-state index contributed by atoms with van der Waals surface area (Å²) in [5.41, 5.74) is -4.27. The van der Waals surface area contributed by atoms with Gasteiger partial charge in [-0.15, -0.1) is 0 Å². The van der Waals surface area contributed by atoms with Crippen LogP contribution >= 0.6 is 0 Å². The van der Waals surface area contributed by atoms with E-state index in [0.29, 0.717) is 27.7 Å². The molecule has 0 saturated carbocycles. The van der Waals surface area contributed by atoms with Gasteiger partial charge in [-0.05, 0) is 74.9 Å². The van der Waals surface area contributed by atoms with Crippen LogP contribution in [0.5, 0.6) is 0 Å². The van der Waals surface area contributed by atoms with Crippen molar-refractivity contribution >= 4 is 28.0 Å². The van der Waals surface area contributed by atoms with Crippen molar-refractivity contribution in [3.63, 3.8) is 0 Å². The second kappa shape index (κ2) is 17.2. The Morgan fingerprint density at radius 3 is 0.845 bits per heavy atom. The second-order valence-corrected chi connectivity index (χ2v) is 14.2. The van der Waals surface area contributed by atoms with Gasteiger partial charge in [0.05, 0.1) is 23.3 Å². The Morgan fingerprint density at radius 2 is 0.603 bits per heavy atom. The molecule has 0 aliphatic rings. The van der Waals surface area contributed by atoms with Gasteiger partial charge in [-0.3, -0.25) is 0 Å². The molecule has 2 N–H and O–H groups in total. The third-order valence-corrected chi connectivity index (χ3v) is 10.8. The van der Waals surface area contributed by atoms with Gasteiger partial charge in [-0.2, -0.15) is 21.9 Å². The topological polar surface area (TPSA) is 16.6 Å². The summed E-state index contributed by atoms with van der Waals surface area (Å²) in [4.78, 5) is 0. The lowest BCUT2D eigenvalue weighted by molar-refractivity contribution is -0.686. The maximum atomic E-state index is 15.9. The van der Waals surface area contributed by atoms with Gasteiger partial charge >= 0.3 is 0 Å². The van der Waals surface area contributed by atoms with E-state index in [9.17, 15) is 17.6 Å². The maximum Gasteiger partial charge on any atom is 0.161 e. The molecule has 1 nitrogen and oxygen atoms in total. The quantitative estimate of drug-likeness (QED) is 0.0902. The summed E-state index contributed by atoms with van der Waals surface area (Å²) in [7, 11) is 0. The van der Waals surface area contributed by atoms with Crippen molar-refractivity contribution in [2.75, 3.05) is 0 Å². The van der Waals surface area contributed by atoms with E-state index in [0.717, 1.165) is 13.1 Å². The number of halogens is 12. The molecule has 6 rings (SSSR count). The number of rotatable bonds is 8. The predicted octanol–water partition coefficient (Wildman–Crippen LogP) is 8.53. The van der Waals surface area contributed by atoms with Crippen LogP contribution in [0.1, 0.15) is 44.5 Å². The van der Waals surface area contributed by atoms with E-state index >= 15 is 35.1 Å². The average molecular weight is 818 g/mol. The van der Waals surface area contributed by atoms with Crippen LogP contribution in [-0.2, 0) is 13.1 Å². The van der Waals surface area contributed by atoms with Crippen LogP contribution in [-0.4, -0.2) is 6.15 Å². The molecule has 0 heterocycles. The number of nitrogens with two attached hydrogens (primary N) is 1. The fourth-order valence-corrected chi connectivity index (χ4v) is 7.97.